The van der Waals surface area contributed by atoms with Gasteiger partial charge >= 0.3 is 0 Å². The average Bonchev–Trinajstić information content (AvgIpc) is 3.61. The van der Waals surface area contributed by atoms with Crippen LogP contribution < -0.4 is 15.0 Å². The first-order valence-electron chi connectivity index (χ1n) is 12.5. The van der Waals surface area contributed by atoms with E-state index in [2.05, 4.69) is 44.5 Å². The number of H-pyrrole nitrogens is 1. The van der Waals surface area contributed by atoms with Crippen LogP contribution in [0, 0.1) is 0 Å². The summed E-state index contributed by atoms with van der Waals surface area (Å²) >= 11 is 0. The SMILES string of the molecule is CCN(Cc1ccccc1)[C@@H](c1cc2cc(OC)c(OC)cc2[nH]c1=O)c1nnnn1C1CCCC1. The summed E-state index contributed by atoms with van der Waals surface area (Å²) in [6, 6.07) is 15.7. The van der Waals surface area contributed by atoms with Crippen LogP contribution >= 0.6 is 0 Å². The summed E-state index contributed by atoms with van der Waals surface area (Å²) < 4.78 is 12.9. The van der Waals surface area contributed by atoms with Crippen molar-refractivity contribution in [1.29, 1.82) is 0 Å². The number of hydrogen-bond acceptors (Lipinski definition) is 7. The van der Waals surface area contributed by atoms with Gasteiger partial charge in [-0.1, -0.05) is 50.1 Å². The van der Waals surface area contributed by atoms with E-state index in [1.807, 2.05) is 35.0 Å². The highest BCUT2D eigenvalue weighted by molar-refractivity contribution is 5.83. The topological polar surface area (TPSA) is 98.2 Å². The van der Waals surface area contributed by atoms with Crippen LogP contribution in [0.15, 0.2) is 53.3 Å². The van der Waals surface area contributed by atoms with Gasteiger partial charge in [-0.05, 0) is 47.5 Å². The Morgan fingerprint density at radius 2 is 1.81 bits per heavy atom. The molecule has 1 saturated carbocycles. The third-order valence-corrected chi connectivity index (χ3v) is 7.10. The molecule has 2 aromatic heterocycles. The quantitative estimate of drug-likeness (QED) is 0.376. The minimum absolute atomic E-state index is 0.174. The number of methoxy groups -OCH3 is 2. The fourth-order valence-electron chi connectivity index (χ4n) is 5.25. The van der Waals surface area contributed by atoms with Gasteiger partial charge in [0.25, 0.3) is 5.56 Å². The van der Waals surface area contributed by atoms with E-state index in [0.29, 0.717) is 41.5 Å². The van der Waals surface area contributed by atoms with Crippen molar-refractivity contribution >= 4 is 10.9 Å². The predicted molar refractivity (Wildman–Crippen MR) is 137 cm³/mol. The van der Waals surface area contributed by atoms with E-state index < -0.39 is 6.04 Å². The summed E-state index contributed by atoms with van der Waals surface area (Å²) in [7, 11) is 3.19. The Balaban J connectivity index is 1.67. The third kappa shape index (κ3) is 4.58. The standard InChI is InChI=1S/C27H32N6O3/c1-4-32(17-18-10-6-5-7-11-18)25(26-29-30-31-33(26)20-12-8-9-13-20)21-14-19-15-23(35-2)24(36-3)16-22(19)28-27(21)34/h5-7,10-11,14-16,20,25H,4,8-9,12-13,17H2,1-3H3,(H,28,34)/t25-/m0/s1. The van der Waals surface area contributed by atoms with Crippen LogP contribution in [0.2, 0.25) is 0 Å². The summed E-state index contributed by atoms with van der Waals surface area (Å²) in [5.74, 6) is 1.87. The number of nitrogens with zero attached hydrogens (tertiary/aromatic N) is 5. The Kier molecular flexibility index (Phi) is 6.99. The van der Waals surface area contributed by atoms with Crippen LogP contribution in [0.1, 0.15) is 61.6 Å². The van der Waals surface area contributed by atoms with Crippen LogP contribution in [0.4, 0.5) is 0 Å². The van der Waals surface area contributed by atoms with Crippen molar-refractivity contribution < 1.29 is 9.47 Å². The van der Waals surface area contributed by atoms with Gasteiger partial charge in [-0.3, -0.25) is 9.69 Å². The molecule has 1 fully saturated rings. The molecule has 0 bridgehead atoms. The zero-order valence-corrected chi connectivity index (χ0v) is 21.0. The molecule has 0 spiro atoms. The lowest BCUT2D eigenvalue weighted by Gasteiger charge is -2.30. The minimum atomic E-state index is -0.424. The average molecular weight is 489 g/mol. The van der Waals surface area contributed by atoms with Crippen molar-refractivity contribution in [2.24, 2.45) is 0 Å². The number of fused-ring (bicyclic) bond motifs is 1. The Morgan fingerprint density at radius 1 is 1.08 bits per heavy atom. The number of hydrogen-bond donors (Lipinski definition) is 1. The first-order chi connectivity index (χ1) is 17.6. The van der Waals surface area contributed by atoms with Gasteiger partial charge in [0.15, 0.2) is 17.3 Å². The van der Waals surface area contributed by atoms with E-state index in [9.17, 15) is 4.79 Å². The summed E-state index contributed by atoms with van der Waals surface area (Å²) in [4.78, 5) is 18.9. The van der Waals surface area contributed by atoms with Crippen LogP contribution in [0.5, 0.6) is 11.5 Å². The van der Waals surface area contributed by atoms with Gasteiger partial charge in [0, 0.05) is 23.6 Å². The van der Waals surface area contributed by atoms with Crippen molar-refractivity contribution in [2.75, 3.05) is 20.8 Å². The summed E-state index contributed by atoms with van der Waals surface area (Å²) in [6.07, 6.45) is 4.41. The van der Waals surface area contributed by atoms with Crippen LogP contribution in [-0.2, 0) is 6.54 Å². The molecule has 9 nitrogen and oxygen atoms in total. The molecule has 2 heterocycles. The van der Waals surface area contributed by atoms with Gasteiger partial charge in [0.1, 0.15) is 6.04 Å². The van der Waals surface area contributed by atoms with Gasteiger partial charge in [0.2, 0.25) is 0 Å². The zero-order chi connectivity index (χ0) is 25.1. The second-order valence-corrected chi connectivity index (χ2v) is 9.22. The molecule has 0 amide bonds. The molecule has 9 heteroatoms. The fraction of sp³-hybridized carbons (Fsp3) is 0.407. The van der Waals surface area contributed by atoms with Crippen molar-refractivity contribution in [3.05, 3.63) is 75.8 Å². The largest absolute Gasteiger partial charge is 0.493 e. The van der Waals surface area contributed by atoms with Crippen LogP contribution in [0.25, 0.3) is 10.9 Å². The highest BCUT2D eigenvalue weighted by Gasteiger charge is 2.32. The monoisotopic (exact) mass is 488 g/mol. The molecule has 5 rings (SSSR count). The molecule has 188 valence electrons. The van der Waals surface area contributed by atoms with E-state index in [-0.39, 0.29) is 11.6 Å². The van der Waals surface area contributed by atoms with Crippen LogP contribution in [0.3, 0.4) is 0 Å². The molecule has 36 heavy (non-hydrogen) atoms. The molecule has 0 unspecified atom stereocenters. The van der Waals surface area contributed by atoms with Crippen LogP contribution in [-0.4, -0.2) is 50.9 Å². The normalized spacial score (nSPS) is 15.0. The molecular weight excluding hydrogens is 456 g/mol. The molecule has 1 aliphatic carbocycles. The van der Waals surface area contributed by atoms with Gasteiger partial charge in [-0.15, -0.1) is 5.10 Å². The third-order valence-electron chi connectivity index (χ3n) is 7.10. The number of rotatable bonds is 9. The predicted octanol–water partition coefficient (Wildman–Crippen LogP) is 4.26. The highest BCUT2D eigenvalue weighted by Crippen LogP contribution is 2.36. The molecule has 0 aliphatic heterocycles. The second kappa shape index (κ2) is 10.5. The molecule has 1 atom stereocenters. The number of tetrazole rings is 1. The lowest BCUT2D eigenvalue weighted by atomic mass is 10.0. The summed E-state index contributed by atoms with van der Waals surface area (Å²) in [6.45, 7) is 3.46. The fourth-order valence-corrected chi connectivity index (χ4v) is 5.25. The van der Waals surface area contributed by atoms with E-state index in [0.717, 1.165) is 36.6 Å². The van der Waals surface area contributed by atoms with E-state index in [1.165, 1.54) is 0 Å². The number of nitrogens with one attached hydrogen (secondary N) is 1. The molecule has 4 aromatic rings. The molecule has 1 aliphatic rings. The van der Waals surface area contributed by atoms with Gasteiger partial charge in [-0.2, -0.15) is 0 Å². The van der Waals surface area contributed by atoms with Gasteiger partial charge in [0.05, 0.1) is 25.8 Å². The minimum Gasteiger partial charge on any atom is -0.493 e. The molecule has 2 aromatic carbocycles. The first-order valence-corrected chi connectivity index (χ1v) is 12.5. The lowest BCUT2D eigenvalue weighted by Crippen LogP contribution is -2.35. The highest BCUT2D eigenvalue weighted by atomic mass is 16.5. The van der Waals surface area contributed by atoms with Gasteiger partial charge in [-0.25, -0.2) is 4.68 Å². The summed E-state index contributed by atoms with van der Waals surface area (Å²) in [5, 5.41) is 13.8. The van der Waals surface area contributed by atoms with Crippen molar-refractivity contribution in [3.63, 3.8) is 0 Å². The van der Waals surface area contributed by atoms with Gasteiger partial charge < -0.3 is 14.5 Å². The zero-order valence-electron chi connectivity index (χ0n) is 21.0. The summed E-state index contributed by atoms with van der Waals surface area (Å²) in [5.41, 5.74) is 2.27. The van der Waals surface area contributed by atoms with E-state index >= 15 is 0 Å². The maximum atomic E-state index is 13.6. The Morgan fingerprint density at radius 3 is 2.50 bits per heavy atom. The second-order valence-electron chi connectivity index (χ2n) is 9.22. The number of pyridine rings is 1. The Bertz CT molecular complexity index is 1380. The number of benzene rings is 2. The first kappa shape index (κ1) is 24.0. The number of aromatic amines is 1. The Labute approximate surface area is 210 Å². The number of ether oxygens (including phenoxy) is 2. The molecule has 0 radical (unpaired) electrons. The van der Waals surface area contributed by atoms with Crippen molar-refractivity contribution in [3.8, 4) is 11.5 Å². The van der Waals surface area contributed by atoms with E-state index in [1.54, 1.807) is 20.3 Å². The smallest absolute Gasteiger partial charge is 0.253 e. The maximum absolute atomic E-state index is 13.6. The van der Waals surface area contributed by atoms with E-state index in [4.69, 9.17) is 9.47 Å². The maximum Gasteiger partial charge on any atom is 0.253 e. The molecule has 1 N–H and O–H groups in total. The molecular formula is C27H32N6O3. The lowest BCUT2D eigenvalue weighted by molar-refractivity contribution is 0.210. The number of aromatic nitrogens is 5. The van der Waals surface area contributed by atoms with Crippen molar-refractivity contribution in [1.82, 2.24) is 30.1 Å². The van der Waals surface area contributed by atoms with Crippen molar-refractivity contribution in [2.45, 2.75) is 51.2 Å². The Hall–Kier alpha value is -3.72. The molecule has 0 saturated heterocycles.